The molecular weight excluding hydrogens is 372 g/mol. The first kappa shape index (κ1) is 20.3. The molecule has 1 atom stereocenters. The molecule has 0 unspecified atom stereocenters. The van der Waals surface area contributed by atoms with Gasteiger partial charge in [0.05, 0.1) is 5.69 Å². The molecule has 0 saturated heterocycles. The summed E-state index contributed by atoms with van der Waals surface area (Å²) in [7, 11) is 1.85. The normalized spacial score (nSPS) is 12.0. The molecule has 2 aromatic heterocycles. The quantitative estimate of drug-likeness (QED) is 0.617. The highest BCUT2D eigenvalue weighted by molar-refractivity contribution is 5.93. The van der Waals surface area contributed by atoms with Crippen molar-refractivity contribution in [3.8, 4) is 0 Å². The maximum atomic E-state index is 12.5. The van der Waals surface area contributed by atoms with Gasteiger partial charge < -0.3 is 19.1 Å². The van der Waals surface area contributed by atoms with E-state index in [1.54, 1.807) is 19.3 Å². The Bertz CT molecular complexity index is 991. The first-order valence-corrected chi connectivity index (χ1v) is 9.33. The van der Waals surface area contributed by atoms with Gasteiger partial charge in [-0.1, -0.05) is 49.3 Å². The van der Waals surface area contributed by atoms with Crippen LogP contribution in [0.2, 0.25) is 0 Å². The molecule has 0 aliphatic carbocycles. The van der Waals surface area contributed by atoms with Crippen molar-refractivity contribution >= 4 is 11.9 Å². The lowest BCUT2D eigenvalue weighted by Crippen LogP contribution is -2.34. The monoisotopic (exact) mass is 396 g/mol. The Hall–Kier alpha value is -3.42. The molecule has 0 aliphatic heterocycles. The van der Waals surface area contributed by atoms with Gasteiger partial charge in [-0.25, -0.2) is 9.78 Å². The van der Waals surface area contributed by atoms with Gasteiger partial charge in [-0.05, 0) is 12.5 Å². The number of hydrogen-bond acceptors (Lipinski definition) is 6. The predicted octanol–water partition coefficient (Wildman–Crippen LogP) is 2.90. The van der Waals surface area contributed by atoms with Gasteiger partial charge in [0.25, 0.3) is 5.91 Å². The van der Waals surface area contributed by atoms with Crippen LogP contribution in [0.3, 0.4) is 0 Å². The number of ether oxygens (including phenoxy) is 1. The van der Waals surface area contributed by atoms with E-state index < -0.39 is 24.5 Å². The van der Waals surface area contributed by atoms with Crippen LogP contribution < -0.4 is 5.32 Å². The Balaban J connectivity index is 1.71. The van der Waals surface area contributed by atoms with E-state index in [2.05, 4.69) is 15.5 Å². The largest absolute Gasteiger partial charge is 0.452 e. The summed E-state index contributed by atoms with van der Waals surface area (Å²) in [5, 5.41) is 6.72. The highest BCUT2D eigenvalue weighted by atomic mass is 16.5. The molecule has 8 heteroatoms. The van der Waals surface area contributed by atoms with Crippen LogP contribution in [0.1, 0.15) is 59.0 Å². The van der Waals surface area contributed by atoms with Gasteiger partial charge >= 0.3 is 5.97 Å². The van der Waals surface area contributed by atoms with Crippen molar-refractivity contribution in [2.75, 3.05) is 6.61 Å². The topological polar surface area (TPSA) is 99.2 Å². The highest BCUT2D eigenvalue weighted by Crippen LogP contribution is 2.23. The minimum absolute atomic E-state index is 0.0292. The third-order valence-electron chi connectivity index (χ3n) is 4.51. The van der Waals surface area contributed by atoms with Gasteiger partial charge in [0.2, 0.25) is 0 Å². The molecule has 0 saturated carbocycles. The molecule has 0 fully saturated rings. The summed E-state index contributed by atoms with van der Waals surface area (Å²) >= 11 is 0. The number of benzene rings is 1. The van der Waals surface area contributed by atoms with E-state index in [4.69, 9.17) is 9.26 Å². The van der Waals surface area contributed by atoms with E-state index in [9.17, 15) is 9.59 Å². The molecule has 3 aromatic rings. The predicted molar refractivity (Wildman–Crippen MR) is 105 cm³/mol. The second-order valence-electron chi connectivity index (χ2n) is 7.05. The number of carbonyl (C=O) groups is 2. The van der Waals surface area contributed by atoms with Gasteiger partial charge in [-0.15, -0.1) is 0 Å². The van der Waals surface area contributed by atoms with Crippen molar-refractivity contribution in [1.29, 1.82) is 0 Å². The third kappa shape index (κ3) is 4.53. The van der Waals surface area contributed by atoms with Gasteiger partial charge in [0.1, 0.15) is 17.4 Å². The van der Waals surface area contributed by atoms with Gasteiger partial charge in [0.15, 0.2) is 12.4 Å². The second kappa shape index (κ2) is 8.72. The highest BCUT2D eigenvalue weighted by Gasteiger charge is 2.25. The Morgan fingerprint density at radius 1 is 1.24 bits per heavy atom. The third-order valence-corrected chi connectivity index (χ3v) is 4.51. The number of hydrogen-bond donors (Lipinski definition) is 1. The number of nitrogens with one attached hydrogen (secondary N) is 1. The Labute approximate surface area is 168 Å². The van der Waals surface area contributed by atoms with E-state index in [-0.39, 0.29) is 11.5 Å². The van der Waals surface area contributed by atoms with Crippen LogP contribution in [-0.2, 0) is 16.6 Å². The maximum absolute atomic E-state index is 12.5. The molecule has 1 aromatic carbocycles. The molecule has 0 radical (unpaired) electrons. The number of aromatic nitrogens is 3. The lowest BCUT2D eigenvalue weighted by molar-refractivity contribution is -0.124. The number of imidazole rings is 1. The number of aryl methyl sites for hydroxylation is 2. The maximum Gasteiger partial charge on any atom is 0.344 e. The molecule has 1 amide bonds. The summed E-state index contributed by atoms with van der Waals surface area (Å²) < 4.78 is 12.3. The van der Waals surface area contributed by atoms with E-state index in [1.807, 2.05) is 55.8 Å². The van der Waals surface area contributed by atoms with Crippen LogP contribution in [-0.4, -0.2) is 33.2 Å². The van der Waals surface area contributed by atoms with Crippen LogP contribution in [0.15, 0.2) is 47.2 Å². The fourth-order valence-electron chi connectivity index (χ4n) is 3.03. The SMILES string of the molecule is Cc1noc(C(C)C)c1C(=O)OCC(=O)N[C@@H](c1ccccc1)c1nccn1C. The second-order valence-corrected chi connectivity index (χ2v) is 7.05. The van der Waals surface area contributed by atoms with E-state index in [1.165, 1.54) is 0 Å². The molecular formula is C21H24N4O4. The molecule has 0 spiro atoms. The molecule has 2 heterocycles. The van der Waals surface area contributed by atoms with E-state index >= 15 is 0 Å². The van der Waals surface area contributed by atoms with E-state index in [0.717, 1.165) is 5.56 Å². The zero-order valence-electron chi connectivity index (χ0n) is 16.9. The standard InChI is InChI=1S/C21H24N4O4/c1-13(2)19-17(14(3)24-29-19)21(27)28-12-16(26)23-18(15-8-6-5-7-9-15)20-22-10-11-25(20)4/h5-11,13,18H,12H2,1-4H3,(H,23,26)/t18-/m0/s1. The zero-order chi connectivity index (χ0) is 21.0. The van der Waals surface area contributed by atoms with Gasteiger partial charge in [-0.3, -0.25) is 4.79 Å². The molecule has 8 nitrogen and oxygen atoms in total. The van der Waals surface area contributed by atoms with Crippen molar-refractivity contribution in [2.24, 2.45) is 7.05 Å². The first-order valence-electron chi connectivity index (χ1n) is 9.33. The van der Waals surface area contributed by atoms with Crippen molar-refractivity contribution in [3.05, 3.63) is 71.1 Å². The molecule has 0 bridgehead atoms. The van der Waals surface area contributed by atoms with Crippen LogP contribution in [0.4, 0.5) is 0 Å². The van der Waals surface area contributed by atoms with Crippen LogP contribution in [0.25, 0.3) is 0 Å². The molecule has 0 aliphatic rings. The average Bonchev–Trinajstić information content (AvgIpc) is 3.30. The van der Waals surface area contributed by atoms with Crippen molar-refractivity contribution in [3.63, 3.8) is 0 Å². The van der Waals surface area contributed by atoms with Gasteiger partial charge in [-0.2, -0.15) is 0 Å². The summed E-state index contributed by atoms with van der Waals surface area (Å²) in [6.45, 7) is 5.02. The summed E-state index contributed by atoms with van der Waals surface area (Å²) in [5.41, 5.74) is 1.59. The number of nitrogens with zero attached hydrogens (tertiary/aromatic N) is 3. The number of amides is 1. The smallest absolute Gasteiger partial charge is 0.344 e. The van der Waals surface area contributed by atoms with Crippen molar-refractivity contribution in [1.82, 2.24) is 20.0 Å². The molecule has 29 heavy (non-hydrogen) atoms. The Kier molecular flexibility index (Phi) is 6.11. The van der Waals surface area contributed by atoms with E-state index in [0.29, 0.717) is 17.3 Å². The van der Waals surface area contributed by atoms with Crippen molar-refractivity contribution < 1.29 is 18.8 Å². The Morgan fingerprint density at radius 2 is 1.97 bits per heavy atom. The first-order chi connectivity index (χ1) is 13.9. The summed E-state index contributed by atoms with van der Waals surface area (Å²) in [6, 6.07) is 9.02. The number of carbonyl (C=O) groups excluding carboxylic acids is 2. The number of rotatable bonds is 7. The average molecular weight is 396 g/mol. The summed E-state index contributed by atoms with van der Waals surface area (Å²) in [5.74, 6) is 0.0284. The fraction of sp³-hybridized carbons (Fsp3) is 0.333. The van der Waals surface area contributed by atoms with Crippen molar-refractivity contribution in [2.45, 2.75) is 32.7 Å². The lowest BCUT2D eigenvalue weighted by Gasteiger charge is -2.19. The van der Waals surface area contributed by atoms with Crippen LogP contribution in [0.5, 0.6) is 0 Å². The van der Waals surface area contributed by atoms with Crippen LogP contribution in [0, 0.1) is 6.92 Å². The minimum Gasteiger partial charge on any atom is -0.452 e. The molecule has 1 N–H and O–H groups in total. The minimum atomic E-state index is -0.629. The van der Waals surface area contributed by atoms with Crippen LogP contribution >= 0.6 is 0 Å². The molecule has 3 rings (SSSR count). The summed E-state index contributed by atoms with van der Waals surface area (Å²) in [4.78, 5) is 29.4. The van der Waals surface area contributed by atoms with Gasteiger partial charge in [0, 0.05) is 25.4 Å². The number of esters is 1. The summed E-state index contributed by atoms with van der Waals surface area (Å²) in [6.07, 6.45) is 3.47. The lowest BCUT2D eigenvalue weighted by atomic mass is 10.1. The Morgan fingerprint density at radius 3 is 2.59 bits per heavy atom. The molecule has 152 valence electrons. The fourth-order valence-corrected chi connectivity index (χ4v) is 3.03. The zero-order valence-corrected chi connectivity index (χ0v) is 16.9.